The van der Waals surface area contributed by atoms with Crippen molar-refractivity contribution >= 4 is 34.9 Å². The summed E-state index contributed by atoms with van der Waals surface area (Å²) >= 11 is 3.50. The van der Waals surface area contributed by atoms with E-state index in [0.29, 0.717) is 0 Å². The Balaban J connectivity index is 1.48. The summed E-state index contributed by atoms with van der Waals surface area (Å²) in [7, 11) is 0. The first-order valence-corrected chi connectivity index (χ1v) is 8.56. The Labute approximate surface area is 126 Å². The van der Waals surface area contributed by atoms with Crippen LogP contribution in [0.2, 0.25) is 0 Å². The first-order valence-electron chi connectivity index (χ1n) is 6.59. The van der Waals surface area contributed by atoms with Crippen molar-refractivity contribution in [3.63, 3.8) is 0 Å². The highest BCUT2D eigenvalue weighted by atomic mass is 32.2. The Hall–Kier alpha value is -1.27. The quantitative estimate of drug-likeness (QED) is 0.837. The van der Waals surface area contributed by atoms with Crippen molar-refractivity contribution < 1.29 is 9.59 Å². The normalized spacial score (nSPS) is 23.6. The van der Waals surface area contributed by atoms with Crippen LogP contribution < -0.4 is 10.6 Å². The van der Waals surface area contributed by atoms with Crippen LogP contribution in [0.15, 0.2) is 18.7 Å². The molecule has 2 N–H and O–H groups in total. The molecule has 1 aromatic rings. The fourth-order valence-electron chi connectivity index (χ4n) is 2.45. The third-order valence-corrected chi connectivity index (χ3v) is 5.98. The molecule has 1 aliphatic heterocycles. The van der Waals surface area contributed by atoms with E-state index < -0.39 is 0 Å². The molecular formula is C14H16N2O2S2. The molecule has 0 saturated heterocycles. The van der Waals surface area contributed by atoms with E-state index in [1.54, 1.807) is 11.3 Å². The maximum Gasteiger partial charge on any atom is 0.261 e. The van der Waals surface area contributed by atoms with E-state index in [4.69, 9.17) is 0 Å². The highest BCUT2D eigenvalue weighted by molar-refractivity contribution is 7.98. The lowest BCUT2D eigenvalue weighted by Gasteiger charge is -2.35. The molecule has 0 atom stereocenters. The Morgan fingerprint density at radius 2 is 2.00 bits per heavy atom. The van der Waals surface area contributed by atoms with Crippen LogP contribution >= 0.6 is 23.1 Å². The van der Waals surface area contributed by atoms with Crippen LogP contribution in [0.25, 0.3) is 0 Å². The van der Waals surface area contributed by atoms with Gasteiger partial charge in [-0.2, -0.15) is 11.8 Å². The van der Waals surface area contributed by atoms with Crippen LogP contribution in [0.4, 0.5) is 0 Å². The maximum atomic E-state index is 12.1. The Morgan fingerprint density at radius 1 is 1.25 bits per heavy atom. The molecule has 0 bridgehead atoms. The van der Waals surface area contributed by atoms with Crippen molar-refractivity contribution in [3.05, 3.63) is 34.0 Å². The van der Waals surface area contributed by atoms with Gasteiger partial charge in [-0.05, 0) is 30.5 Å². The fraction of sp³-hybridized carbons (Fsp3) is 0.429. The van der Waals surface area contributed by atoms with E-state index in [2.05, 4.69) is 17.2 Å². The third-order valence-electron chi connectivity index (χ3n) is 3.62. The van der Waals surface area contributed by atoms with E-state index in [0.717, 1.165) is 29.2 Å². The van der Waals surface area contributed by atoms with E-state index in [9.17, 15) is 9.59 Å². The maximum absolute atomic E-state index is 12.1. The first-order chi connectivity index (χ1) is 9.65. The summed E-state index contributed by atoms with van der Waals surface area (Å²) in [6.45, 7) is 3.42. The highest BCUT2D eigenvalue weighted by Gasteiger charge is 2.31. The number of hydrogen-bond donors (Lipinski definition) is 2. The van der Waals surface area contributed by atoms with E-state index in [1.165, 1.54) is 16.5 Å². The molecule has 0 radical (unpaired) electrons. The molecule has 1 fully saturated rings. The van der Waals surface area contributed by atoms with Gasteiger partial charge in [0.15, 0.2) is 0 Å². The summed E-state index contributed by atoms with van der Waals surface area (Å²) in [5, 5.41) is 5.86. The molecule has 6 heteroatoms. The van der Waals surface area contributed by atoms with Crippen LogP contribution in [-0.2, 0) is 16.3 Å². The average molecular weight is 308 g/mol. The number of nitrogens with one attached hydrogen (secondary N) is 2. The molecule has 106 valence electrons. The van der Waals surface area contributed by atoms with Gasteiger partial charge >= 0.3 is 0 Å². The zero-order chi connectivity index (χ0) is 14.1. The number of amides is 2. The largest absolute Gasteiger partial charge is 0.350 e. The van der Waals surface area contributed by atoms with Crippen LogP contribution in [0.1, 0.15) is 33.0 Å². The third kappa shape index (κ3) is 2.76. The molecule has 2 heterocycles. The Morgan fingerprint density at radius 3 is 2.70 bits per heavy atom. The summed E-state index contributed by atoms with van der Waals surface area (Å²) in [5.41, 5.74) is 1.31. The first kappa shape index (κ1) is 13.7. The molecular weight excluding hydrogens is 292 g/mol. The van der Waals surface area contributed by atoms with Crippen LogP contribution in [0, 0.1) is 0 Å². The number of hydrogen-bond acceptors (Lipinski definition) is 4. The van der Waals surface area contributed by atoms with Gasteiger partial charge in [0.1, 0.15) is 0 Å². The second kappa shape index (κ2) is 5.61. The monoisotopic (exact) mass is 308 g/mol. The Bertz CT molecular complexity index is 540. The van der Waals surface area contributed by atoms with Crippen LogP contribution in [-0.4, -0.2) is 23.9 Å². The van der Waals surface area contributed by atoms with Crippen LogP contribution in [0.5, 0.6) is 0 Å². The van der Waals surface area contributed by atoms with Gasteiger partial charge in [0, 0.05) is 28.5 Å². The van der Waals surface area contributed by atoms with Crippen molar-refractivity contribution in [1.82, 2.24) is 10.6 Å². The van der Waals surface area contributed by atoms with Crippen molar-refractivity contribution in [3.8, 4) is 0 Å². The van der Waals surface area contributed by atoms with Gasteiger partial charge in [-0.15, -0.1) is 11.3 Å². The second-order valence-electron chi connectivity index (χ2n) is 5.10. The molecule has 1 aromatic heterocycles. The summed E-state index contributed by atoms with van der Waals surface area (Å²) in [6.07, 6.45) is 2.87. The molecule has 1 saturated carbocycles. The second-order valence-corrected chi connectivity index (χ2v) is 7.23. The number of rotatable bonds is 4. The minimum atomic E-state index is -0.146. The van der Waals surface area contributed by atoms with E-state index >= 15 is 0 Å². The van der Waals surface area contributed by atoms with Gasteiger partial charge in [0.25, 0.3) is 5.91 Å². The van der Waals surface area contributed by atoms with Gasteiger partial charge in [-0.1, -0.05) is 6.58 Å². The summed E-state index contributed by atoms with van der Waals surface area (Å²) < 4.78 is 0. The van der Waals surface area contributed by atoms with Crippen molar-refractivity contribution in [2.45, 2.75) is 36.4 Å². The summed E-state index contributed by atoms with van der Waals surface area (Å²) in [5.74, 6) is 1.93. The molecule has 0 aromatic carbocycles. The predicted molar refractivity (Wildman–Crippen MR) is 81.9 cm³/mol. The number of fused-ring (bicyclic) bond motifs is 1. The molecule has 1 aliphatic carbocycles. The molecule has 2 amide bonds. The van der Waals surface area contributed by atoms with Gasteiger partial charge in [0.2, 0.25) is 5.91 Å². The minimum absolute atomic E-state index is 0.0212. The standard InChI is InChI=1S/C14H16N2O2S2/c1-2-13(17)15-9-4-10(5-9)16-14(18)11-3-8-6-19-7-12(8)20-11/h2-3,9-10H,1,4-7H2,(H,15,17)(H,16,18). The lowest BCUT2D eigenvalue weighted by molar-refractivity contribution is -0.117. The predicted octanol–water partition coefficient (Wildman–Crippen LogP) is 2.06. The van der Waals surface area contributed by atoms with E-state index in [1.807, 2.05) is 17.8 Å². The average Bonchev–Trinajstić information content (AvgIpc) is 2.96. The number of thioether (sulfide) groups is 1. The number of thiophene rings is 1. The molecule has 0 spiro atoms. The SMILES string of the molecule is C=CC(=O)NC1CC(NC(=O)c2cc3c(s2)CSC3)C1. The lowest BCUT2D eigenvalue weighted by Crippen LogP contribution is -2.53. The van der Waals surface area contributed by atoms with Gasteiger partial charge in [-0.3, -0.25) is 9.59 Å². The minimum Gasteiger partial charge on any atom is -0.350 e. The number of carbonyl (C=O) groups excluding carboxylic acids is 2. The highest BCUT2D eigenvalue weighted by Crippen LogP contribution is 2.36. The molecule has 4 nitrogen and oxygen atoms in total. The van der Waals surface area contributed by atoms with Crippen LogP contribution in [0.3, 0.4) is 0 Å². The smallest absolute Gasteiger partial charge is 0.261 e. The number of carbonyl (C=O) groups is 2. The topological polar surface area (TPSA) is 58.2 Å². The molecule has 3 rings (SSSR count). The van der Waals surface area contributed by atoms with E-state index in [-0.39, 0.29) is 23.9 Å². The summed E-state index contributed by atoms with van der Waals surface area (Å²) in [4.78, 5) is 25.4. The van der Waals surface area contributed by atoms with Gasteiger partial charge < -0.3 is 10.6 Å². The zero-order valence-corrected chi connectivity index (χ0v) is 12.6. The fourth-order valence-corrected chi connectivity index (χ4v) is 4.85. The van der Waals surface area contributed by atoms with Gasteiger partial charge in [-0.25, -0.2) is 0 Å². The van der Waals surface area contributed by atoms with Crippen molar-refractivity contribution in [1.29, 1.82) is 0 Å². The molecule has 2 aliphatic rings. The molecule has 0 unspecified atom stereocenters. The lowest BCUT2D eigenvalue weighted by atomic mass is 9.86. The summed E-state index contributed by atoms with van der Waals surface area (Å²) in [6, 6.07) is 2.35. The zero-order valence-electron chi connectivity index (χ0n) is 11.0. The molecule has 20 heavy (non-hydrogen) atoms. The van der Waals surface area contributed by atoms with Crippen molar-refractivity contribution in [2.75, 3.05) is 0 Å². The van der Waals surface area contributed by atoms with Crippen molar-refractivity contribution in [2.24, 2.45) is 0 Å². The van der Waals surface area contributed by atoms with Gasteiger partial charge in [0.05, 0.1) is 4.88 Å². The Kier molecular flexibility index (Phi) is 3.85.